The van der Waals surface area contributed by atoms with Gasteiger partial charge in [-0.25, -0.2) is 0 Å². The first-order valence-corrected chi connectivity index (χ1v) is 11.7. The van der Waals surface area contributed by atoms with Gasteiger partial charge in [-0.1, -0.05) is 0 Å². The summed E-state index contributed by atoms with van der Waals surface area (Å²) in [6.07, 6.45) is 0. The number of amides is 1. The van der Waals surface area contributed by atoms with Crippen LogP contribution in [0.25, 0.3) is 0 Å². The molecule has 0 radical (unpaired) electrons. The first kappa shape index (κ1) is 30.1. The SMILES string of the molecule is Br.CNC(=O)c1cc2c(cc1N(C)C)CN(CC(=O)c1cc(N(C)C)c(OC)c(C(C)(C)OC)c1)C2=N. The van der Waals surface area contributed by atoms with Crippen LogP contribution >= 0.6 is 17.0 Å². The minimum atomic E-state index is -0.679. The molecule has 0 bridgehead atoms. The second-order valence-corrected chi connectivity index (χ2v) is 9.81. The number of carbonyl (C=O) groups excluding carboxylic acids is 2. The largest absolute Gasteiger partial charge is 0.494 e. The van der Waals surface area contributed by atoms with Gasteiger partial charge in [0, 0.05) is 71.3 Å². The zero-order chi connectivity index (χ0) is 26.9. The van der Waals surface area contributed by atoms with Crippen molar-refractivity contribution in [3.63, 3.8) is 0 Å². The van der Waals surface area contributed by atoms with Crippen LogP contribution in [-0.4, -0.2) is 78.4 Å². The van der Waals surface area contributed by atoms with E-state index in [4.69, 9.17) is 14.9 Å². The van der Waals surface area contributed by atoms with E-state index in [1.165, 1.54) is 0 Å². The highest BCUT2D eigenvalue weighted by Gasteiger charge is 2.31. The Morgan fingerprint density at radius 2 is 1.68 bits per heavy atom. The third-order valence-corrected chi connectivity index (χ3v) is 6.68. The Balaban J connectivity index is 0.00000481. The summed E-state index contributed by atoms with van der Waals surface area (Å²) < 4.78 is 11.4. The second kappa shape index (κ2) is 11.5. The van der Waals surface area contributed by atoms with Crippen LogP contribution < -0.4 is 19.9 Å². The van der Waals surface area contributed by atoms with Crippen molar-refractivity contribution in [3.05, 3.63) is 52.1 Å². The van der Waals surface area contributed by atoms with E-state index in [0.29, 0.717) is 29.0 Å². The fourth-order valence-electron chi connectivity index (χ4n) is 4.40. The molecular weight excluding hydrogens is 538 g/mol. The first-order valence-electron chi connectivity index (χ1n) is 11.7. The first-order chi connectivity index (χ1) is 16.9. The molecule has 0 saturated carbocycles. The van der Waals surface area contributed by atoms with E-state index in [9.17, 15) is 9.59 Å². The summed E-state index contributed by atoms with van der Waals surface area (Å²) >= 11 is 0. The normalized spacial score (nSPS) is 12.6. The molecule has 1 aliphatic heterocycles. The van der Waals surface area contributed by atoms with Crippen LogP contribution in [-0.2, 0) is 16.9 Å². The van der Waals surface area contributed by atoms with Crippen molar-refractivity contribution >= 4 is 45.9 Å². The van der Waals surface area contributed by atoms with Crippen molar-refractivity contribution in [2.45, 2.75) is 26.0 Å². The number of hydrogen-bond acceptors (Lipinski definition) is 7. The van der Waals surface area contributed by atoms with Gasteiger partial charge in [-0.05, 0) is 43.7 Å². The summed E-state index contributed by atoms with van der Waals surface area (Å²) in [5.41, 5.74) is 4.22. The number of nitrogens with one attached hydrogen (secondary N) is 2. The number of ether oxygens (including phenoxy) is 2. The molecule has 2 aromatic rings. The maximum absolute atomic E-state index is 13.5. The van der Waals surface area contributed by atoms with Gasteiger partial charge in [0.25, 0.3) is 5.91 Å². The molecule has 0 saturated heterocycles. The predicted molar refractivity (Wildman–Crippen MR) is 153 cm³/mol. The molecule has 10 heteroatoms. The number of anilines is 2. The number of halogens is 1. The average molecular weight is 577 g/mol. The van der Waals surface area contributed by atoms with Crippen LogP contribution in [0.3, 0.4) is 0 Å². The van der Waals surface area contributed by atoms with Gasteiger partial charge in [0.1, 0.15) is 11.6 Å². The van der Waals surface area contributed by atoms with Crippen LogP contribution in [0.1, 0.15) is 51.3 Å². The molecule has 2 aromatic carbocycles. The van der Waals surface area contributed by atoms with E-state index in [1.54, 1.807) is 32.2 Å². The van der Waals surface area contributed by atoms with Gasteiger partial charge in [0.15, 0.2) is 5.78 Å². The van der Waals surface area contributed by atoms with Gasteiger partial charge in [0.2, 0.25) is 0 Å². The standard InChI is InChI=1S/C27H37N5O4.BrH/c1-27(2,36-9)20-10-16(11-22(31(6)7)24(20)35-8)23(33)15-32-14-17-12-21(30(4)5)19(26(34)29-3)13-18(17)25(32)28;/h10-13,28H,14-15H2,1-9H3,(H,29,34);1H. The molecular formula is C27H38BrN5O4. The van der Waals surface area contributed by atoms with Gasteiger partial charge < -0.3 is 29.5 Å². The molecule has 9 nitrogen and oxygen atoms in total. The van der Waals surface area contributed by atoms with Gasteiger partial charge in [-0.15, -0.1) is 17.0 Å². The van der Waals surface area contributed by atoms with Crippen LogP contribution in [0, 0.1) is 5.41 Å². The Morgan fingerprint density at radius 1 is 1.05 bits per heavy atom. The Morgan fingerprint density at radius 3 is 2.19 bits per heavy atom. The monoisotopic (exact) mass is 575 g/mol. The van der Waals surface area contributed by atoms with Gasteiger partial charge >= 0.3 is 0 Å². The van der Waals surface area contributed by atoms with E-state index in [-0.39, 0.29) is 41.1 Å². The number of hydrogen-bond donors (Lipinski definition) is 2. The maximum atomic E-state index is 13.5. The van der Waals surface area contributed by atoms with Crippen LogP contribution in [0.4, 0.5) is 11.4 Å². The minimum Gasteiger partial charge on any atom is -0.494 e. The lowest BCUT2D eigenvalue weighted by Crippen LogP contribution is -2.31. The van der Waals surface area contributed by atoms with Crippen molar-refractivity contribution in [1.29, 1.82) is 5.41 Å². The predicted octanol–water partition coefficient (Wildman–Crippen LogP) is 3.67. The van der Waals surface area contributed by atoms with Crippen LogP contribution in [0.15, 0.2) is 24.3 Å². The lowest BCUT2D eigenvalue weighted by molar-refractivity contribution is 0.0173. The summed E-state index contributed by atoms with van der Waals surface area (Å²) in [4.78, 5) is 31.5. The van der Waals surface area contributed by atoms with Gasteiger partial charge in [-0.2, -0.15) is 0 Å². The second-order valence-electron chi connectivity index (χ2n) is 9.81. The average Bonchev–Trinajstić information content (AvgIpc) is 3.15. The molecule has 1 amide bonds. The zero-order valence-electron chi connectivity index (χ0n) is 23.1. The van der Waals surface area contributed by atoms with E-state index < -0.39 is 5.60 Å². The number of methoxy groups -OCH3 is 2. The van der Waals surface area contributed by atoms with Gasteiger partial charge in [-0.3, -0.25) is 15.0 Å². The lowest BCUT2D eigenvalue weighted by atomic mass is 9.92. The smallest absolute Gasteiger partial charge is 0.253 e. The fraction of sp³-hybridized carbons (Fsp3) is 0.444. The molecule has 0 aliphatic carbocycles. The molecule has 0 spiro atoms. The van der Waals surface area contributed by atoms with Crippen molar-refractivity contribution < 1.29 is 19.1 Å². The maximum Gasteiger partial charge on any atom is 0.253 e. The van der Waals surface area contributed by atoms with Crippen LogP contribution in [0.2, 0.25) is 0 Å². The number of carbonyl (C=O) groups is 2. The summed E-state index contributed by atoms with van der Waals surface area (Å²) in [7, 11) is 12.4. The van der Waals surface area contributed by atoms with Crippen molar-refractivity contribution in [2.75, 3.05) is 65.8 Å². The molecule has 3 rings (SSSR count). The summed E-state index contributed by atoms with van der Waals surface area (Å²) in [6, 6.07) is 7.30. The molecule has 202 valence electrons. The van der Waals surface area contributed by atoms with Crippen molar-refractivity contribution in [3.8, 4) is 5.75 Å². The highest BCUT2D eigenvalue weighted by molar-refractivity contribution is 8.93. The number of amidine groups is 1. The van der Waals surface area contributed by atoms with Crippen molar-refractivity contribution in [2.24, 2.45) is 0 Å². The van der Waals surface area contributed by atoms with E-state index in [2.05, 4.69) is 5.32 Å². The number of rotatable bonds is 9. The molecule has 37 heavy (non-hydrogen) atoms. The Bertz CT molecular complexity index is 1210. The Hall–Kier alpha value is -3.11. The van der Waals surface area contributed by atoms with Crippen molar-refractivity contribution in [1.82, 2.24) is 10.2 Å². The number of fused-ring (bicyclic) bond motifs is 1. The Kier molecular flexibility index (Phi) is 9.37. The Labute approximate surface area is 230 Å². The number of Topliss-reactive ketones (excluding diaryl/α,β-unsaturated/α-hetero) is 1. The summed E-state index contributed by atoms with van der Waals surface area (Å²) in [6.45, 7) is 4.31. The summed E-state index contributed by atoms with van der Waals surface area (Å²) in [5.74, 6) is 0.549. The quantitative estimate of drug-likeness (QED) is 0.440. The molecule has 0 aromatic heterocycles. The molecule has 2 N–H and O–H groups in total. The topological polar surface area (TPSA) is 98.2 Å². The van der Waals surface area contributed by atoms with Gasteiger partial charge in [0.05, 0.1) is 30.5 Å². The van der Waals surface area contributed by atoms with E-state index in [0.717, 1.165) is 22.5 Å². The zero-order valence-corrected chi connectivity index (χ0v) is 24.8. The highest BCUT2D eigenvalue weighted by Crippen LogP contribution is 2.40. The third-order valence-electron chi connectivity index (χ3n) is 6.68. The molecule has 1 heterocycles. The third kappa shape index (κ3) is 5.75. The molecule has 1 aliphatic rings. The van der Waals surface area contributed by atoms with Crippen LogP contribution in [0.5, 0.6) is 5.75 Å². The molecule has 0 atom stereocenters. The fourth-order valence-corrected chi connectivity index (χ4v) is 4.40. The number of benzene rings is 2. The number of nitrogens with zero attached hydrogens (tertiary/aromatic N) is 3. The summed E-state index contributed by atoms with van der Waals surface area (Å²) in [5, 5.41) is 11.4. The molecule has 0 unspecified atom stereocenters. The molecule has 0 fully saturated rings. The van der Waals surface area contributed by atoms with E-state index in [1.807, 2.05) is 70.0 Å². The minimum absolute atomic E-state index is 0. The van der Waals surface area contributed by atoms with E-state index >= 15 is 0 Å². The highest BCUT2D eigenvalue weighted by atomic mass is 79.9. The lowest BCUT2D eigenvalue weighted by Gasteiger charge is -2.29. The number of ketones is 1.